The fourth-order valence-electron chi connectivity index (χ4n) is 2.02. The van der Waals surface area contributed by atoms with Crippen LogP contribution in [0.5, 0.6) is 0 Å². The summed E-state index contributed by atoms with van der Waals surface area (Å²) in [6.07, 6.45) is 0. The maximum absolute atomic E-state index is 12.3. The van der Waals surface area contributed by atoms with Gasteiger partial charge in [0.25, 0.3) is 5.69 Å². The zero-order chi connectivity index (χ0) is 17.1. The van der Waals surface area contributed by atoms with E-state index in [0.29, 0.717) is 5.69 Å². The second kappa shape index (κ2) is 6.98. The zero-order valence-electron chi connectivity index (χ0n) is 12.6. The van der Waals surface area contributed by atoms with Crippen LogP contribution in [0.25, 0.3) is 10.2 Å². The molecule has 1 N–H and O–H groups in total. The molecule has 0 aliphatic rings. The van der Waals surface area contributed by atoms with Crippen molar-refractivity contribution < 1.29 is 9.72 Å². The Morgan fingerprint density at radius 3 is 2.62 bits per heavy atom. The van der Waals surface area contributed by atoms with E-state index in [4.69, 9.17) is 0 Å². The Kier molecular flexibility index (Phi) is 4.77. The lowest BCUT2D eigenvalue weighted by Crippen LogP contribution is -2.22. The molecule has 1 atom stereocenters. The minimum atomic E-state index is -0.475. The standard InChI is InChI=1S/C16H13N3O3S2/c1-10(23-16-18-13-4-2-3-5-14(13)24-16)15(20)17-11-6-8-12(9-7-11)19(21)22/h2-10H,1H3,(H,17,20)/t10-/m0/s1. The number of amides is 1. The highest BCUT2D eigenvalue weighted by Gasteiger charge is 2.17. The Morgan fingerprint density at radius 1 is 1.25 bits per heavy atom. The number of para-hydroxylation sites is 1. The molecule has 0 spiro atoms. The van der Waals surface area contributed by atoms with Gasteiger partial charge in [0.15, 0.2) is 4.34 Å². The van der Waals surface area contributed by atoms with Gasteiger partial charge in [-0.2, -0.15) is 0 Å². The highest BCUT2D eigenvalue weighted by atomic mass is 32.2. The van der Waals surface area contributed by atoms with Crippen molar-refractivity contribution in [3.05, 3.63) is 58.6 Å². The number of nitro groups is 1. The minimum Gasteiger partial charge on any atom is -0.325 e. The lowest BCUT2D eigenvalue weighted by molar-refractivity contribution is -0.384. The second-order valence-corrected chi connectivity index (χ2v) is 7.62. The molecule has 3 aromatic rings. The number of hydrogen-bond donors (Lipinski definition) is 1. The minimum absolute atomic E-state index is 0.00935. The summed E-state index contributed by atoms with van der Waals surface area (Å²) in [7, 11) is 0. The van der Waals surface area contributed by atoms with E-state index >= 15 is 0 Å². The van der Waals surface area contributed by atoms with E-state index in [0.717, 1.165) is 14.6 Å². The monoisotopic (exact) mass is 359 g/mol. The molecule has 2 aromatic carbocycles. The Labute approximate surface area is 146 Å². The first kappa shape index (κ1) is 16.4. The van der Waals surface area contributed by atoms with Crippen LogP contribution in [0, 0.1) is 10.1 Å². The van der Waals surface area contributed by atoms with Crippen molar-refractivity contribution in [1.29, 1.82) is 0 Å². The van der Waals surface area contributed by atoms with E-state index in [1.807, 2.05) is 24.3 Å². The molecule has 0 unspecified atom stereocenters. The normalized spacial score (nSPS) is 12.0. The molecule has 1 aromatic heterocycles. The fraction of sp³-hybridized carbons (Fsp3) is 0.125. The third kappa shape index (κ3) is 3.72. The van der Waals surface area contributed by atoms with Crippen molar-refractivity contribution in [2.24, 2.45) is 0 Å². The number of aromatic nitrogens is 1. The zero-order valence-corrected chi connectivity index (χ0v) is 14.3. The Hall–Kier alpha value is -2.45. The van der Waals surface area contributed by atoms with Gasteiger partial charge in [0.2, 0.25) is 5.91 Å². The van der Waals surface area contributed by atoms with Gasteiger partial charge in [-0.15, -0.1) is 11.3 Å². The van der Waals surface area contributed by atoms with Crippen molar-refractivity contribution in [3.8, 4) is 0 Å². The number of nitrogens with one attached hydrogen (secondary N) is 1. The smallest absolute Gasteiger partial charge is 0.269 e. The van der Waals surface area contributed by atoms with E-state index < -0.39 is 4.92 Å². The molecular formula is C16H13N3O3S2. The van der Waals surface area contributed by atoms with Crippen LogP contribution in [-0.4, -0.2) is 21.1 Å². The highest BCUT2D eigenvalue weighted by Crippen LogP contribution is 2.32. The number of benzene rings is 2. The van der Waals surface area contributed by atoms with Crippen LogP contribution in [0.3, 0.4) is 0 Å². The average molecular weight is 359 g/mol. The number of non-ortho nitro benzene ring substituents is 1. The van der Waals surface area contributed by atoms with Gasteiger partial charge in [0, 0.05) is 17.8 Å². The second-order valence-electron chi connectivity index (χ2n) is 5.00. The molecule has 0 fully saturated rings. The highest BCUT2D eigenvalue weighted by molar-refractivity contribution is 8.02. The van der Waals surface area contributed by atoms with Gasteiger partial charge in [-0.1, -0.05) is 23.9 Å². The Bertz CT molecular complexity index is 860. The van der Waals surface area contributed by atoms with E-state index in [2.05, 4.69) is 10.3 Å². The number of nitrogens with zero attached hydrogens (tertiary/aromatic N) is 2. The van der Waals surface area contributed by atoms with Crippen LogP contribution in [0.1, 0.15) is 6.92 Å². The fourth-order valence-corrected chi connectivity index (χ4v) is 4.23. The molecule has 0 aliphatic carbocycles. The molecule has 24 heavy (non-hydrogen) atoms. The first-order chi connectivity index (χ1) is 11.5. The Morgan fingerprint density at radius 2 is 1.96 bits per heavy atom. The van der Waals surface area contributed by atoms with Gasteiger partial charge < -0.3 is 5.32 Å². The van der Waals surface area contributed by atoms with Crippen LogP contribution < -0.4 is 5.32 Å². The SMILES string of the molecule is C[C@H](Sc1nc2ccccc2s1)C(=O)Nc1ccc([N+](=O)[O-])cc1. The quantitative estimate of drug-likeness (QED) is 0.416. The first-order valence-electron chi connectivity index (χ1n) is 7.10. The molecule has 1 heterocycles. The third-order valence-electron chi connectivity index (χ3n) is 3.27. The summed E-state index contributed by atoms with van der Waals surface area (Å²) < 4.78 is 1.92. The third-order valence-corrected chi connectivity index (χ3v) is 5.50. The summed E-state index contributed by atoms with van der Waals surface area (Å²) in [5.41, 5.74) is 1.44. The first-order valence-corrected chi connectivity index (χ1v) is 8.80. The van der Waals surface area contributed by atoms with Crippen LogP contribution in [-0.2, 0) is 4.79 Å². The molecule has 0 aliphatic heterocycles. The van der Waals surface area contributed by atoms with Gasteiger partial charge in [-0.05, 0) is 31.2 Å². The summed E-state index contributed by atoms with van der Waals surface area (Å²) in [6, 6.07) is 13.6. The molecule has 0 saturated carbocycles. The number of fused-ring (bicyclic) bond motifs is 1. The predicted octanol–water partition coefficient (Wildman–Crippen LogP) is 4.32. The number of hydrogen-bond acceptors (Lipinski definition) is 6. The van der Waals surface area contributed by atoms with E-state index in [-0.39, 0.29) is 16.8 Å². The molecule has 122 valence electrons. The van der Waals surface area contributed by atoms with Gasteiger partial charge >= 0.3 is 0 Å². The van der Waals surface area contributed by atoms with Crippen molar-refractivity contribution >= 4 is 50.6 Å². The number of nitro benzene ring substituents is 1. The number of anilines is 1. The lowest BCUT2D eigenvalue weighted by atomic mass is 10.3. The topological polar surface area (TPSA) is 85.1 Å². The predicted molar refractivity (Wildman–Crippen MR) is 96.7 cm³/mol. The van der Waals surface area contributed by atoms with E-state index in [9.17, 15) is 14.9 Å². The molecule has 0 saturated heterocycles. The Balaban J connectivity index is 1.64. The summed E-state index contributed by atoms with van der Waals surface area (Å²) >= 11 is 2.94. The van der Waals surface area contributed by atoms with Crippen LogP contribution in [0.15, 0.2) is 52.9 Å². The summed E-state index contributed by atoms with van der Waals surface area (Å²) in [5.74, 6) is -0.173. The van der Waals surface area contributed by atoms with Gasteiger partial charge in [-0.3, -0.25) is 14.9 Å². The molecule has 0 radical (unpaired) electrons. The maximum Gasteiger partial charge on any atom is 0.269 e. The summed E-state index contributed by atoms with van der Waals surface area (Å²) in [6.45, 7) is 1.80. The molecule has 0 bridgehead atoms. The van der Waals surface area contributed by atoms with Crippen LogP contribution in [0.2, 0.25) is 0 Å². The lowest BCUT2D eigenvalue weighted by Gasteiger charge is -2.10. The van der Waals surface area contributed by atoms with Crippen LogP contribution in [0.4, 0.5) is 11.4 Å². The van der Waals surface area contributed by atoms with Crippen molar-refractivity contribution in [1.82, 2.24) is 4.98 Å². The number of carbonyl (C=O) groups excluding carboxylic acids is 1. The van der Waals surface area contributed by atoms with Crippen molar-refractivity contribution in [2.45, 2.75) is 16.5 Å². The van der Waals surface area contributed by atoms with Gasteiger partial charge in [0.1, 0.15) is 0 Å². The van der Waals surface area contributed by atoms with Gasteiger partial charge in [0.05, 0.1) is 20.4 Å². The largest absolute Gasteiger partial charge is 0.325 e. The number of thioether (sulfide) groups is 1. The number of rotatable bonds is 5. The molecule has 6 nitrogen and oxygen atoms in total. The maximum atomic E-state index is 12.3. The van der Waals surface area contributed by atoms with E-state index in [1.165, 1.54) is 36.0 Å². The van der Waals surface area contributed by atoms with Crippen molar-refractivity contribution in [3.63, 3.8) is 0 Å². The molecule has 1 amide bonds. The van der Waals surface area contributed by atoms with E-state index in [1.54, 1.807) is 18.3 Å². The molecule has 3 rings (SSSR count). The van der Waals surface area contributed by atoms with Crippen LogP contribution >= 0.6 is 23.1 Å². The summed E-state index contributed by atoms with van der Waals surface area (Å²) in [5, 5.41) is 13.1. The average Bonchev–Trinajstić information content (AvgIpc) is 2.97. The van der Waals surface area contributed by atoms with Gasteiger partial charge in [-0.25, -0.2) is 4.98 Å². The van der Waals surface area contributed by atoms with Crippen molar-refractivity contribution in [2.75, 3.05) is 5.32 Å². The molecule has 8 heteroatoms. The molecular weight excluding hydrogens is 346 g/mol. The number of carbonyl (C=O) groups is 1. The number of thiazole rings is 1. The summed E-state index contributed by atoms with van der Waals surface area (Å²) in [4.78, 5) is 26.9.